The lowest BCUT2D eigenvalue weighted by Gasteiger charge is -2.15. The molecule has 0 aliphatic carbocycles. The number of benzene rings is 1. The third-order valence-corrected chi connectivity index (χ3v) is 3.15. The Balaban J connectivity index is 2.01. The van der Waals surface area contributed by atoms with Crippen LogP contribution in [0.5, 0.6) is 0 Å². The van der Waals surface area contributed by atoms with E-state index in [1.54, 1.807) is 0 Å². The van der Waals surface area contributed by atoms with Gasteiger partial charge in [0.25, 0.3) is 0 Å². The molecule has 1 aliphatic rings. The van der Waals surface area contributed by atoms with Gasteiger partial charge in [-0.3, -0.25) is 4.90 Å². The van der Waals surface area contributed by atoms with Gasteiger partial charge in [0.1, 0.15) is 0 Å². The zero-order chi connectivity index (χ0) is 11.5. The first kappa shape index (κ1) is 11.2. The molecule has 0 saturated heterocycles. The Morgan fingerprint density at radius 1 is 1.31 bits per heavy atom. The molecule has 0 N–H and O–H groups in total. The van der Waals surface area contributed by atoms with Crippen molar-refractivity contribution in [2.75, 3.05) is 6.54 Å². The van der Waals surface area contributed by atoms with E-state index in [1.165, 1.54) is 17.5 Å². The first-order valence-corrected chi connectivity index (χ1v) is 5.93. The van der Waals surface area contributed by atoms with E-state index in [0.717, 1.165) is 31.1 Å². The number of nitrogens with zero attached hydrogens (tertiary/aromatic N) is 2. The fraction of sp³-hybridized carbons (Fsp3) is 0.500. The second-order valence-corrected chi connectivity index (χ2v) is 4.99. The first-order valence-electron chi connectivity index (χ1n) is 5.93. The van der Waals surface area contributed by atoms with Gasteiger partial charge in [-0.15, -0.1) is 0 Å². The molecular weight excluding hydrogens is 196 g/mol. The van der Waals surface area contributed by atoms with Crippen molar-refractivity contribution in [2.24, 2.45) is 5.92 Å². The number of nitriles is 1. The molecule has 0 fully saturated rings. The van der Waals surface area contributed by atoms with Gasteiger partial charge in [-0.05, 0) is 42.1 Å². The third-order valence-electron chi connectivity index (χ3n) is 3.15. The van der Waals surface area contributed by atoms with Crippen LogP contribution in [0.1, 0.15) is 37.0 Å². The highest BCUT2D eigenvalue weighted by atomic mass is 15.1. The fourth-order valence-electron chi connectivity index (χ4n) is 2.13. The van der Waals surface area contributed by atoms with Gasteiger partial charge < -0.3 is 0 Å². The topological polar surface area (TPSA) is 27.0 Å². The second-order valence-electron chi connectivity index (χ2n) is 4.99. The second kappa shape index (κ2) is 4.67. The van der Waals surface area contributed by atoms with Crippen molar-refractivity contribution < 1.29 is 0 Å². The van der Waals surface area contributed by atoms with E-state index < -0.39 is 0 Å². The molecule has 2 heteroatoms. The summed E-state index contributed by atoms with van der Waals surface area (Å²) in [7, 11) is 0. The number of hydrogen-bond acceptors (Lipinski definition) is 2. The molecule has 1 heterocycles. The maximum Gasteiger partial charge on any atom is 0.0991 e. The molecule has 0 spiro atoms. The predicted octanol–water partition coefficient (Wildman–Crippen LogP) is 2.92. The Hall–Kier alpha value is -1.33. The minimum Gasteiger partial charge on any atom is -0.295 e. The zero-order valence-corrected chi connectivity index (χ0v) is 10.0. The van der Waals surface area contributed by atoms with Crippen molar-refractivity contribution in [3.63, 3.8) is 0 Å². The molecule has 0 amide bonds. The van der Waals surface area contributed by atoms with Gasteiger partial charge in [0, 0.05) is 13.1 Å². The predicted molar refractivity (Wildman–Crippen MR) is 64.7 cm³/mol. The highest BCUT2D eigenvalue weighted by Crippen LogP contribution is 2.24. The summed E-state index contributed by atoms with van der Waals surface area (Å²) in [5.74, 6) is 0.762. The summed E-state index contributed by atoms with van der Waals surface area (Å²) in [4.78, 5) is 2.46. The lowest BCUT2D eigenvalue weighted by atomic mass is 10.1. The number of rotatable bonds is 3. The molecule has 2 nitrogen and oxygen atoms in total. The fourth-order valence-corrected chi connectivity index (χ4v) is 2.13. The molecule has 1 aliphatic heterocycles. The highest BCUT2D eigenvalue weighted by molar-refractivity contribution is 5.39. The molecule has 1 aromatic rings. The van der Waals surface area contributed by atoms with Crippen LogP contribution in [0.3, 0.4) is 0 Å². The van der Waals surface area contributed by atoms with Crippen LogP contribution in [-0.4, -0.2) is 11.4 Å². The van der Waals surface area contributed by atoms with Crippen LogP contribution < -0.4 is 0 Å². The SMILES string of the molecule is CC(C)CCN1Cc2ccc(C#N)cc2C1. The molecule has 0 bridgehead atoms. The van der Waals surface area contributed by atoms with Gasteiger partial charge in [0.05, 0.1) is 11.6 Å². The molecular formula is C14H18N2. The van der Waals surface area contributed by atoms with Crippen LogP contribution in [-0.2, 0) is 13.1 Å². The van der Waals surface area contributed by atoms with Crippen molar-refractivity contribution in [1.82, 2.24) is 4.90 Å². The van der Waals surface area contributed by atoms with Crippen LogP contribution in [0.2, 0.25) is 0 Å². The third kappa shape index (κ3) is 2.43. The average molecular weight is 214 g/mol. The van der Waals surface area contributed by atoms with Crippen molar-refractivity contribution in [3.8, 4) is 6.07 Å². The highest BCUT2D eigenvalue weighted by Gasteiger charge is 2.18. The monoisotopic (exact) mass is 214 g/mol. The van der Waals surface area contributed by atoms with Gasteiger partial charge >= 0.3 is 0 Å². The standard InChI is InChI=1S/C14H18N2/c1-11(2)5-6-16-9-13-4-3-12(8-15)7-14(13)10-16/h3-4,7,11H,5-6,9-10H2,1-2H3. The van der Waals surface area contributed by atoms with Crippen LogP contribution in [0.4, 0.5) is 0 Å². The number of fused-ring (bicyclic) bond motifs is 1. The average Bonchev–Trinajstić information content (AvgIpc) is 2.67. The summed E-state index contributed by atoms with van der Waals surface area (Å²) in [5, 5.41) is 8.85. The Morgan fingerprint density at radius 2 is 2.06 bits per heavy atom. The molecule has 2 rings (SSSR count). The van der Waals surface area contributed by atoms with E-state index in [4.69, 9.17) is 5.26 Å². The van der Waals surface area contributed by atoms with Gasteiger partial charge in [-0.25, -0.2) is 0 Å². The normalized spacial score (nSPS) is 15.1. The Labute approximate surface area is 97.5 Å². The summed E-state index contributed by atoms with van der Waals surface area (Å²) in [6.45, 7) is 7.74. The minimum absolute atomic E-state index is 0.762. The molecule has 84 valence electrons. The van der Waals surface area contributed by atoms with Crippen LogP contribution in [0.25, 0.3) is 0 Å². The van der Waals surface area contributed by atoms with Gasteiger partial charge in [-0.1, -0.05) is 19.9 Å². The summed E-state index contributed by atoms with van der Waals surface area (Å²) in [5.41, 5.74) is 3.51. The Bertz CT molecular complexity index is 415. The quantitative estimate of drug-likeness (QED) is 0.773. The van der Waals surface area contributed by atoms with Crippen LogP contribution in [0, 0.1) is 17.2 Å². The minimum atomic E-state index is 0.762. The van der Waals surface area contributed by atoms with E-state index in [0.29, 0.717) is 0 Å². The molecule has 0 saturated carbocycles. The molecule has 0 radical (unpaired) electrons. The number of hydrogen-bond donors (Lipinski definition) is 0. The summed E-state index contributed by atoms with van der Waals surface area (Å²) >= 11 is 0. The van der Waals surface area contributed by atoms with Crippen LogP contribution in [0.15, 0.2) is 18.2 Å². The smallest absolute Gasteiger partial charge is 0.0991 e. The van der Waals surface area contributed by atoms with E-state index >= 15 is 0 Å². The maximum absolute atomic E-state index is 8.85. The van der Waals surface area contributed by atoms with Crippen molar-refractivity contribution >= 4 is 0 Å². The summed E-state index contributed by atoms with van der Waals surface area (Å²) in [6.07, 6.45) is 1.25. The Kier molecular flexibility index (Phi) is 3.26. The van der Waals surface area contributed by atoms with Crippen LogP contribution >= 0.6 is 0 Å². The largest absolute Gasteiger partial charge is 0.295 e. The zero-order valence-electron chi connectivity index (χ0n) is 10.0. The lowest BCUT2D eigenvalue weighted by molar-refractivity contribution is 0.266. The van der Waals surface area contributed by atoms with Gasteiger partial charge in [-0.2, -0.15) is 5.26 Å². The first-order chi connectivity index (χ1) is 7.69. The van der Waals surface area contributed by atoms with E-state index in [1.807, 2.05) is 12.1 Å². The lowest BCUT2D eigenvalue weighted by Crippen LogP contribution is -2.18. The van der Waals surface area contributed by atoms with E-state index in [2.05, 4.69) is 30.9 Å². The van der Waals surface area contributed by atoms with E-state index in [-0.39, 0.29) is 0 Å². The van der Waals surface area contributed by atoms with Gasteiger partial charge in [0.2, 0.25) is 0 Å². The van der Waals surface area contributed by atoms with Gasteiger partial charge in [0.15, 0.2) is 0 Å². The summed E-state index contributed by atoms with van der Waals surface area (Å²) in [6, 6.07) is 8.26. The molecule has 16 heavy (non-hydrogen) atoms. The van der Waals surface area contributed by atoms with E-state index in [9.17, 15) is 0 Å². The molecule has 1 aromatic carbocycles. The van der Waals surface area contributed by atoms with Crippen molar-refractivity contribution in [1.29, 1.82) is 5.26 Å². The summed E-state index contributed by atoms with van der Waals surface area (Å²) < 4.78 is 0. The van der Waals surface area contributed by atoms with Crippen molar-refractivity contribution in [2.45, 2.75) is 33.4 Å². The van der Waals surface area contributed by atoms with Crippen molar-refractivity contribution in [3.05, 3.63) is 34.9 Å². The molecule has 0 unspecified atom stereocenters. The maximum atomic E-state index is 8.85. The molecule has 0 aromatic heterocycles. The molecule has 0 atom stereocenters. The Morgan fingerprint density at radius 3 is 2.75 bits per heavy atom.